The van der Waals surface area contributed by atoms with E-state index in [1.54, 1.807) is 0 Å². The number of rotatable bonds is 4. The van der Waals surface area contributed by atoms with E-state index in [-0.39, 0.29) is 5.82 Å². The van der Waals surface area contributed by atoms with Gasteiger partial charge in [0.15, 0.2) is 0 Å². The van der Waals surface area contributed by atoms with E-state index in [1.807, 2.05) is 0 Å². The van der Waals surface area contributed by atoms with Gasteiger partial charge in [-0.2, -0.15) is 0 Å². The minimum absolute atomic E-state index is 0.308. The van der Waals surface area contributed by atoms with Crippen molar-refractivity contribution in [2.24, 2.45) is 5.92 Å². The summed E-state index contributed by atoms with van der Waals surface area (Å²) in [6.45, 7) is 8.49. The molecule has 1 heterocycles. The van der Waals surface area contributed by atoms with Gasteiger partial charge in [-0.05, 0) is 40.4 Å². The molecule has 0 radical (unpaired) electrons. The molecule has 1 aromatic rings. The molecule has 1 N–H and O–H groups in total. The van der Waals surface area contributed by atoms with Gasteiger partial charge >= 0.3 is 0 Å². The van der Waals surface area contributed by atoms with Crippen LogP contribution in [0.25, 0.3) is 0 Å². The van der Waals surface area contributed by atoms with Gasteiger partial charge in [-0.15, -0.1) is 0 Å². The Balaban J connectivity index is 2.33. The lowest BCUT2D eigenvalue weighted by atomic mass is 9.94. The second-order valence-electron chi connectivity index (χ2n) is 5.83. The van der Waals surface area contributed by atoms with E-state index < -0.39 is 0 Å². The van der Waals surface area contributed by atoms with Gasteiger partial charge in [0.25, 0.3) is 0 Å². The third kappa shape index (κ3) is 3.72. The Morgan fingerprint density at radius 2 is 2.19 bits per heavy atom. The van der Waals surface area contributed by atoms with Crippen molar-refractivity contribution in [2.75, 3.05) is 18.0 Å². The molecule has 1 fully saturated rings. The first kappa shape index (κ1) is 17.0. The fourth-order valence-corrected chi connectivity index (χ4v) is 4.03. The van der Waals surface area contributed by atoms with Crippen LogP contribution in [0.3, 0.4) is 0 Å². The van der Waals surface area contributed by atoms with Gasteiger partial charge in [0.2, 0.25) is 0 Å². The minimum atomic E-state index is -0.308. The Labute approximate surface area is 140 Å². The Bertz CT molecular complexity index is 474. The van der Waals surface area contributed by atoms with Crippen molar-refractivity contribution in [2.45, 2.75) is 45.7 Å². The number of hydrogen-bond acceptors (Lipinski definition) is 2. The number of benzene rings is 1. The topological polar surface area (TPSA) is 15.3 Å². The lowest BCUT2D eigenvalue weighted by molar-refractivity contribution is 0.306. The van der Waals surface area contributed by atoms with E-state index in [4.69, 9.17) is 11.6 Å². The summed E-state index contributed by atoms with van der Waals surface area (Å²) in [7, 11) is 0. The smallest absolute Gasteiger partial charge is 0.125 e. The first-order chi connectivity index (χ1) is 9.97. The lowest BCUT2D eigenvalue weighted by Crippen LogP contribution is -2.58. The van der Waals surface area contributed by atoms with Crippen LogP contribution in [0.4, 0.5) is 10.1 Å². The fourth-order valence-electron chi connectivity index (χ4n) is 2.94. The van der Waals surface area contributed by atoms with Crippen LogP contribution in [0.2, 0.25) is 5.02 Å². The molecule has 5 heteroatoms. The minimum Gasteiger partial charge on any atom is -0.364 e. The Morgan fingerprint density at radius 1 is 1.48 bits per heavy atom. The van der Waals surface area contributed by atoms with E-state index in [9.17, 15) is 4.39 Å². The summed E-state index contributed by atoms with van der Waals surface area (Å²) in [5.74, 6) is 0.292. The molecule has 2 rings (SSSR count). The molecule has 21 heavy (non-hydrogen) atoms. The normalized spacial score (nSPS) is 24.2. The monoisotopic (exact) mass is 376 g/mol. The predicted molar refractivity (Wildman–Crippen MR) is 91.8 cm³/mol. The second-order valence-corrected chi connectivity index (χ2v) is 7.09. The molecular weight excluding hydrogens is 355 g/mol. The molecule has 118 valence electrons. The Hall–Kier alpha value is -0.320. The van der Waals surface area contributed by atoms with Crippen LogP contribution in [0, 0.1) is 11.7 Å². The summed E-state index contributed by atoms with van der Waals surface area (Å²) in [5, 5.41) is 4.12. The van der Waals surface area contributed by atoms with Crippen LogP contribution in [0.1, 0.15) is 33.6 Å². The van der Waals surface area contributed by atoms with E-state index in [0.29, 0.717) is 23.0 Å². The largest absolute Gasteiger partial charge is 0.364 e. The van der Waals surface area contributed by atoms with Gasteiger partial charge in [-0.3, -0.25) is 0 Å². The number of nitrogens with one attached hydrogen (secondary N) is 1. The average Bonchev–Trinajstić information content (AvgIpc) is 2.45. The van der Waals surface area contributed by atoms with Gasteiger partial charge in [0.05, 0.1) is 10.7 Å². The summed E-state index contributed by atoms with van der Waals surface area (Å²) in [4.78, 5) is 2.33. The van der Waals surface area contributed by atoms with Crippen molar-refractivity contribution in [3.63, 3.8) is 0 Å². The first-order valence-electron chi connectivity index (χ1n) is 7.62. The predicted octanol–water partition coefficient (Wildman–Crippen LogP) is 4.84. The van der Waals surface area contributed by atoms with Crippen molar-refractivity contribution < 1.29 is 4.39 Å². The summed E-state index contributed by atoms with van der Waals surface area (Å²) < 4.78 is 14.2. The summed E-state index contributed by atoms with van der Waals surface area (Å²) in [5.41, 5.74) is 0.916. The van der Waals surface area contributed by atoms with Crippen LogP contribution >= 0.6 is 27.5 Å². The highest BCUT2D eigenvalue weighted by atomic mass is 79.9. The van der Waals surface area contributed by atoms with Crippen molar-refractivity contribution >= 4 is 33.2 Å². The fraction of sp³-hybridized carbons (Fsp3) is 0.625. The van der Waals surface area contributed by atoms with Crippen LogP contribution in [0.5, 0.6) is 0 Å². The number of anilines is 1. The second kappa shape index (κ2) is 7.30. The van der Waals surface area contributed by atoms with Crippen LogP contribution in [-0.4, -0.2) is 25.2 Å². The zero-order valence-corrected chi connectivity index (χ0v) is 15.1. The molecule has 3 atom stereocenters. The number of piperazine rings is 1. The molecule has 1 aliphatic heterocycles. The van der Waals surface area contributed by atoms with Crippen LogP contribution < -0.4 is 10.2 Å². The van der Waals surface area contributed by atoms with E-state index in [0.717, 1.165) is 36.1 Å². The molecule has 1 saturated heterocycles. The quantitative estimate of drug-likeness (QED) is 0.807. The molecular formula is C16H23BrClFN2. The SMILES string of the molecule is CCC(C)C1CN(c2c(Cl)cc(F)cc2Br)C(CC)CN1. The molecule has 0 aromatic heterocycles. The standard InChI is InChI=1S/C16H23BrClFN2/c1-4-10(3)15-9-21(12(5-2)8-20-15)16-13(17)6-11(19)7-14(16)18/h6-7,10,12,15,20H,4-5,8-9H2,1-3H3. The van der Waals surface area contributed by atoms with Gasteiger partial charge in [0.1, 0.15) is 5.82 Å². The molecule has 1 aromatic carbocycles. The number of nitrogens with zero attached hydrogens (tertiary/aromatic N) is 1. The highest BCUT2D eigenvalue weighted by molar-refractivity contribution is 9.10. The van der Waals surface area contributed by atoms with Gasteiger partial charge in [-0.1, -0.05) is 38.8 Å². The highest BCUT2D eigenvalue weighted by Crippen LogP contribution is 2.37. The zero-order valence-electron chi connectivity index (χ0n) is 12.8. The van der Waals surface area contributed by atoms with E-state index in [2.05, 4.69) is 46.9 Å². The summed E-state index contributed by atoms with van der Waals surface area (Å²) >= 11 is 9.80. The molecule has 0 spiro atoms. The molecule has 2 nitrogen and oxygen atoms in total. The molecule has 0 bridgehead atoms. The summed E-state index contributed by atoms with van der Waals surface area (Å²) in [6, 6.07) is 3.71. The average molecular weight is 378 g/mol. The number of hydrogen-bond donors (Lipinski definition) is 1. The van der Waals surface area contributed by atoms with E-state index in [1.165, 1.54) is 12.1 Å². The highest BCUT2D eigenvalue weighted by Gasteiger charge is 2.31. The molecule has 0 amide bonds. The van der Waals surface area contributed by atoms with Gasteiger partial charge < -0.3 is 10.2 Å². The first-order valence-corrected chi connectivity index (χ1v) is 8.79. The molecule has 0 saturated carbocycles. The molecule has 0 aliphatic carbocycles. The van der Waals surface area contributed by atoms with E-state index >= 15 is 0 Å². The zero-order chi connectivity index (χ0) is 15.6. The van der Waals surface area contributed by atoms with Crippen molar-refractivity contribution in [1.29, 1.82) is 0 Å². The Kier molecular flexibility index (Phi) is 5.92. The van der Waals surface area contributed by atoms with Crippen LogP contribution in [-0.2, 0) is 0 Å². The maximum atomic E-state index is 13.5. The maximum Gasteiger partial charge on any atom is 0.125 e. The lowest BCUT2D eigenvalue weighted by Gasteiger charge is -2.44. The molecule has 3 unspecified atom stereocenters. The van der Waals surface area contributed by atoms with Crippen molar-refractivity contribution in [3.05, 3.63) is 27.4 Å². The van der Waals surface area contributed by atoms with Crippen LogP contribution in [0.15, 0.2) is 16.6 Å². The van der Waals surface area contributed by atoms with Gasteiger partial charge in [-0.25, -0.2) is 4.39 Å². The maximum absolute atomic E-state index is 13.5. The third-order valence-corrected chi connectivity index (χ3v) is 5.41. The third-order valence-electron chi connectivity index (χ3n) is 4.52. The van der Waals surface area contributed by atoms with Crippen molar-refractivity contribution in [3.8, 4) is 0 Å². The van der Waals surface area contributed by atoms with Crippen molar-refractivity contribution in [1.82, 2.24) is 5.32 Å². The number of halogens is 3. The van der Waals surface area contributed by atoms with Gasteiger partial charge in [0, 0.05) is 29.6 Å². The summed E-state index contributed by atoms with van der Waals surface area (Å²) in [6.07, 6.45) is 2.17. The Morgan fingerprint density at radius 3 is 2.76 bits per heavy atom. The molecule has 1 aliphatic rings.